The number of hydrogen-bond donors (Lipinski definition) is 1. The van der Waals surface area contributed by atoms with Crippen molar-refractivity contribution in [2.45, 2.75) is 32.1 Å². The number of carbonyl (C=O) groups excluding carboxylic acids is 1. The highest BCUT2D eigenvalue weighted by Crippen LogP contribution is 2.40. The van der Waals surface area contributed by atoms with Crippen molar-refractivity contribution in [3.63, 3.8) is 0 Å². The molecule has 1 aliphatic rings. The second-order valence-corrected chi connectivity index (χ2v) is 7.18. The van der Waals surface area contributed by atoms with Gasteiger partial charge in [0.25, 0.3) is 5.89 Å². The van der Waals surface area contributed by atoms with E-state index < -0.39 is 0 Å². The molecule has 0 saturated carbocycles. The highest BCUT2D eigenvalue weighted by molar-refractivity contribution is 5.89. The average Bonchev–Trinajstić information content (AvgIpc) is 3.45. The Morgan fingerprint density at radius 3 is 2.93 bits per heavy atom. The molecule has 0 radical (unpaired) electrons. The van der Waals surface area contributed by atoms with Gasteiger partial charge in [-0.2, -0.15) is 4.98 Å². The molecule has 1 N–H and O–H groups in total. The summed E-state index contributed by atoms with van der Waals surface area (Å²) in [5, 5.41) is 5.30. The number of carbonyl (C=O) groups is 1. The van der Waals surface area contributed by atoms with Gasteiger partial charge in [0.2, 0.25) is 5.82 Å². The van der Waals surface area contributed by atoms with E-state index in [2.05, 4.69) is 26.2 Å². The van der Waals surface area contributed by atoms with Crippen LogP contribution in [-0.4, -0.2) is 32.7 Å². The maximum absolute atomic E-state index is 11.9. The van der Waals surface area contributed by atoms with Crippen LogP contribution in [0, 0.1) is 0 Å². The van der Waals surface area contributed by atoms with Gasteiger partial charge in [-0.3, -0.25) is 9.78 Å². The minimum Gasteiger partial charge on any atom is -0.466 e. The fourth-order valence-electron chi connectivity index (χ4n) is 4.07. The molecule has 3 aromatic heterocycles. The second-order valence-electron chi connectivity index (χ2n) is 7.18. The van der Waals surface area contributed by atoms with E-state index in [1.807, 2.05) is 31.2 Å². The molecule has 0 aliphatic heterocycles. The first kappa shape index (κ1) is 17.6. The van der Waals surface area contributed by atoms with Crippen LogP contribution in [0.15, 0.2) is 47.2 Å². The molecule has 29 heavy (non-hydrogen) atoms. The molecule has 1 aromatic carbocycles. The molecule has 0 bridgehead atoms. The number of H-pyrrole nitrogens is 1. The first-order valence-electron chi connectivity index (χ1n) is 9.77. The molecular formula is C22H20N4O3. The molecule has 7 heteroatoms. The molecule has 3 heterocycles. The van der Waals surface area contributed by atoms with Gasteiger partial charge in [0.1, 0.15) is 0 Å². The third-order valence-corrected chi connectivity index (χ3v) is 5.42. The van der Waals surface area contributed by atoms with E-state index in [0.29, 0.717) is 24.7 Å². The van der Waals surface area contributed by atoms with E-state index in [4.69, 9.17) is 9.26 Å². The van der Waals surface area contributed by atoms with Crippen molar-refractivity contribution < 1.29 is 14.1 Å². The fraction of sp³-hybridized carbons (Fsp3) is 0.273. The van der Waals surface area contributed by atoms with Crippen LogP contribution in [0.4, 0.5) is 0 Å². The summed E-state index contributed by atoms with van der Waals surface area (Å²) in [6.07, 6.45) is 5.70. The fourth-order valence-corrected chi connectivity index (χ4v) is 4.07. The van der Waals surface area contributed by atoms with Gasteiger partial charge < -0.3 is 14.2 Å². The lowest BCUT2D eigenvalue weighted by Gasteiger charge is -2.08. The van der Waals surface area contributed by atoms with Crippen LogP contribution >= 0.6 is 0 Å². The van der Waals surface area contributed by atoms with Gasteiger partial charge in [-0.15, -0.1) is 0 Å². The number of nitrogens with zero attached hydrogens (tertiary/aromatic N) is 3. The van der Waals surface area contributed by atoms with E-state index in [-0.39, 0.29) is 11.9 Å². The van der Waals surface area contributed by atoms with Gasteiger partial charge in [-0.25, -0.2) is 0 Å². The molecule has 0 spiro atoms. The Kier molecular flexibility index (Phi) is 4.35. The largest absolute Gasteiger partial charge is 0.466 e. The summed E-state index contributed by atoms with van der Waals surface area (Å²) in [7, 11) is 0. The topological polar surface area (TPSA) is 93.9 Å². The number of hydrogen-bond acceptors (Lipinski definition) is 6. The van der Waals surface area contributed by atoms with Gasteiger partial charge in [-0.1, -0.05) is 5.16 Å². The number of aromatic nitrogens is 4. The number of ether oxygens (including phenoxy) is 1. The zero-order chi connectivity index (χ0) is 19.8. The number of esters is 1. The van der Waals surface area contributed by atoms with Crippen molar-refractivity contribution in [3.05, 3.63) is 54.0 Å². The van der Waals surface area contributed by atoms with E-state index >= 15 is 0 Å². The van der Waals surface area contributed by atoms with Crippen molar-refractivity contribution in [2.75, 3.05) is 6.61 Å². The lowest BCUT2D eigenvalue weighted by atomic mass is 10.0. The number of benzene rings is 1. The Bertz CT molecular complexity index is 1180. The van der Waals surface area contributed by atoms with Crippen molar-refractivity contribution in [1.29, 1.82) is 0 Å². The normalized spacial score (nSPS) is 15.6. The van der Waals surface area contributed by atoms with Gasteiger partial charge >= 0.3 is 5.97 Å². The molecule has 0 amide bonds. The molecule has 1 atom stereocenters. The molecule has 7 nitrogen and oxygen atoms in total. The molecule has 146 valence electrons. The number of fused-ring (bicyclic) bond motifs is 3. The summed E-state index contributed by atoms with van der Waals surface area (Å²) >= 11 is 0. The Labute approximate surface area is 167 Å². The summed E-state index contributed by atoms with van der Waals surface area (Å²) in [5.41, 5.74) is 5.22. The lowest BCUT2D eigenvalue weighted by Crippen LogP contribution is -2.08. The first-order chi connectivity index (χ1) is 14.2. The number of aromatic amines is 1. The van der Waals surface area contributed by atoms with Crippen LogP contribution in [0.25, 0.3) is 33.7 Å². The van der Waals surface area contributed by atoms with E-state index in [1.165, 1.54) is 5.56 Å². The van der Waals surface area contributed by atoms with Crippen molar-refractivity contribution in [1.82, 2.24) is 20.1 Å². The van der Waals surface area contributed by atoms with Gasteiger partial charge in [-0.05, 0) is 55.7 Å². The quantitative estimate of drug-likeness (QED) is 0.513. The molecule has 5 rings (SSSR count). The minimum absolute atomic E-state index is 0.139. The molecule has 1 unspecified atom stereocenters. The van der Waals surface area contributed by atoms with Crippen LogP contribution in [0.3, 0.4) is 0 Å². The zero-order valence-electron chi connectivity index (χ0n) is 16.0. The predicted octanol–water partition coefficient (Wildman–Crippen LogP) is 4.26. The SMILES string of the molecule is CCOC(=O)CC1CCc2c1[nH]c1ccc(-c3noc(-c4ccncc4)n3)cc21. The molecule has 0 fully saturated rings. The van der Waals surface area contributed by atoms with Crippen molar-refractivity contribution >= 4 is 16.9 Å². The van der Waals surface area contributed by atoms with Crippen molar-refractivity contribution in [2.24, 2.45) is 0 Å². The van der Waals surface area contributed by atoms with Gasteiger partial charge in [0.15, 0.2) is 0 Å². The lowest BCUT2D eigenvalue weighted by molar-refractivity contribution is -0.143. The maximum atomic E-state index is 11.9. The summed E-state index contributed by atoms with van der Waals surface area (Å²) in [6, 6.07) is 9.79. The standard InChI is InChI=1S/C22H20N4O3/c1-2-28-19(27)12-14-3-5-16-17-11-15(4-6-18(17)24-20(14)16)21-25-22(29-26-21)13-7-9-23-10-8-13/h4,6-11,14,24H,2-3,5,12H2,1H3. The van der Waals surface area contributed by atoms with Crippen LogP contribution < -0.4 is 0 Å². The second kappa shape index (κ2) is 7.16. The Hall–Kier alpha value is -3.48. The highest BCUT2D eigenvalue weighted by Gasteiger charge is 2.29. The third kappa shape index (κ3) is 3.18. The van der Waals surface area contributed by atoms with E-state index in [0.717, 1.165) is 40.6 Å². The number of nitrogens with one attached hydrogen (secondary N) is 1. The van der Waals surface area contributed by atoms with Crippen molar-refractivity contribution in [3.8, 4) is 22.8 Å². The summed E-state index contributed by atoms with van der Waals surface area (Å²) < 4.78 is 10.6. The van der Waals surface area contributed by atoms with Crippen LogP contribution in [-0.2, 0) is 16.0 Å². The number of aryl methyl sites for hydroxylation is 1. The summed E-state index contributed by atoms with van der Waals surface area (Å²) in [6.45, 7) is 2.25. The van der Waals surface area contributed by atoms with E-state index in [1.54, 1.807) is 12.4 Å². The number of pyridine rings is 1. The third-order valence-electron chi connectivity index (χ3n) is 5.42. The van der Waals surface area contributed by atoms with Gasteiger partial charge in [0, 0.05) is 46.0 Å². The first-order valence-corrected chi connectivity index (χ1v) is 9.77. The highest BCUT2D eigenvalue weighted by atomic mass is 16.5. The van der Waals surface area contributed by atoms with Crippen LogP contribution in [0.2, 0.25) is 0 Å². The summed E-state index contributed by atoms with van der Waals surface area (Å²) in [5.74, 6) is 1.06. The molecule has 1 aliphatic carbocycles. The monoisotopic (exact) mass is 388 g/mol. The summed E-state index contributed by atoms with van der Waals surface area (Å²) in [4.78, 5) is 24.0. The Morgan fingerprint density at radius 2 is 2.10 bits per heavy atom. The Morgan fingerprint density at radius 1 is 1.24 bits per heavy atom. The average molecular weight is 388 g/mol. The van der Waals surface area contributed by atoms with Gasteiger partial charge in [0.05, 0.1) is 13.0 Å². The molecular weight excluding hydrogens is 368 g/mol. The molecule has 4 aromatic rings. The van der Waals surface area contributed by atoms with E-state index in [9.17, 15) is 4.79 Å². The maximum Gasteiger partial charge on any atom is 0.306 e. The molecule has 0 saturated heterocycles. The number of rotatable bonds is 5. The smallest absolute Gasteiger partial charge is 0.306 e. The van der Waals surface area contributed by atoms with Crippen LogP contribution in [0.5, 0.6) is 0 Å². The predicted molar refractivity (Wildman–Crippen MR) is 107 cm³/mol. The minimum atomic E-state index is -0.139. The van der Waals surface area contributed by atoms with Crippen LogP contribution in [0.1, 0.15) is 36.9 Å². The Balaban J connectivity index is 1.46. The zero-order valence-corrected chi connectivity index (χ0v) is 16.0.